The Morgan fingerprint density at radius 1 is 1.04 bits per heavy atom. The van der Waals surface area contributed by atoms with Crippen LogP contribution >= 0.6 is 0 Å². The first kappa shape index (κ1) is 18.9. The van der Waals surface area contributed by atoms with Gasteiger partial charge in [-0.3, -0.25) is 0 Å². The van der Waals surface area contributed by atoms with E-state index in [1.165, 1.54) is 17.5 Å². The van der Waals surface area contributed by atoms with Crippen molar-refractivity contribution in [2.75, 3.05) is 13.2 Å². The van der Waals surface area contributed by atoms with E-state index in [0.717, 1.165) is 25.1 Å². The van der Waals surface area contributed by atoms with Gasteiger partial charge in [-0.15, -0.1) is 0 Å². The van der Waals surface area contributed by atoms with Crippen molar-refractivity contribution in [3.05, 3.63) is 29.3 Å². The fourth-order valence-electron chi connectivity index (χ4n) is 3.69. The predicted octanol–water partition coefficient (Wildman–Crippen LogP) is 4.18. The van der Waals surface area contributed by atoms with Crippen LogP contribution in [0.3, 0.4) is 0 Å². The second-order valence-corrected chi connectivity index (χ2v) is 9.60. The number of rotatable bonds is 2. The summed E-state index contributed by atoms with van der Waals surface area (Å²) in [5.41, 5.74) is 3.38. The Morgan fingerprint density at radius 3 is 2.20 bits per heavy atom. The average Bonchev–Trinajstić information content (AvgIpc) is 2.75. The first-order chi connectivity index (χ1) is 11.5. The van der Waals surface area contributed by atoms with Gasteiger partial charge in [0.1, 0.15) is 0 Å². The lowest BCUT2D eigenvalue weighted by molar-refractivity contribution is 0.00578. The molecule has 0 bridgehead atoms. The Bertz CT molecular complexity index is 609. The molecule has 2 aliphatic heterocycles. The molecule has 1 atom stereocenters. The smallest absolute Gasteiger partial charge is 0.399 e. The van der Waals surface area contributed by atoms with Gasteiger partial charge in [0.25, 0.3) is 0 Å². The molecule has 1 aromatic rings. The molecular formula is C21H33BO3. The van der Waals surface area contributed by atoms with E-state index in [0.29, 0.717) is 5.92 Å². The predicted molar refractivity (Wildman–Crippen MR) is 104 cm³/mol. The molecule has 0 spiro atoms. The molecule has 3 nitrogen and oxygen atoms in total. The van der Waals surface area contributed by atoms with Crippen molar-refractivity contribution in [3.8, 4) is 0 Å². The lowest BCUT2D eigenvalue weighted by Gasteiger charge is -2.32. The summed E-state index contributed by atoms with van der Waals surface area (Å²) in [6, 6.07) is 6.76. The minimum atomic E-state index is -0.310. The molecule has 4 heteroatoms. The summed E-state index contributed by atoms with van der Waals surface area (Å²) < 4.78 is 18.3. The standard InChI is InChI=1S/C21H33BO3/c1-19(2,3)18-13-16(22-24-20(4,5)21(6,7)25-22)10-11-17(18)15-9-8-12-23-14-15/h10-11,13,15H,8-9,12,14H2,1-7H3. The second kappa shape index (κ2) is 6.40. The molecule has 2 aliphatic rings. The van der Waals surface area contributed by atoms with Gasteiger partial charge in [0, 0.05) is 12.5 Å². The van der Waals surface area contributed by atoms with Gasteiger partial charge >= 0.3 is 7.12 Å². The van der Waals surface area contributed by atoms with Crippen LogP contribution in [-0.4, -0.2) is 31.5 Å². The van der Waals surface area contributed by atoms with E-state index in [1.54, 1.807) is 0 Å². The van der Waals surface area contributed by atoms with Crippen LogP contribution in [0.5, 0.6) is 0 Å². The van der Waals surface area contributed by atoms with E-state index in [1.807, 2.05) is 0 Å². The van der Waals surface area contributed by atoms with Crippen molar-refractivity contribution < 1.29 is 14.0 Å². The van der Waals surface area contributed by atoms with Gasteiger partial charge in [-0.2, -0.15) is 0 Å². The Hall–Kier alpha value is -0.835. The average molecular weight is 344 g/mol. The zero-order valence-electron chi connectivity index (χ0n) is 16.9. The minimum Gasteiger partial charge on any atom is -0.399 e. The molecule has 0 aliphatic carbocycles. The number of hydrogen-bond acceptors (Lipinski definition) is 3. The SMILES string of the molecule is CC(C)(C)c1cc(B2OC(C)(C)C(C)(C)O2)ccc1C1CCCOC1. The van der Waals surface area contributed by atoms with Crippen LogP contribution in [0.15, 0.2) is 18.2 Å². The van der Waals surface area contributed by atoms with E-state index >= 15 is 0 Å². The maximum atomic E-state index is 6.26. The van der Waals surface area contributed by atoms with Crippen LogP contribution in [0.1, 0.15) is 78.4 Å². The van der Waals surface area contributed by atoms with Crippen LogP contribution in [0, 0.1) is 0 Å². The van der Waals surface area contributed by atoms with Crippen LogP contribution in [0.2, 0.25) is 0 Å². The fourth-order valence-corrected chi connectivity index (χ4v) is 3.69. The summed E-state index contributed by atoms with van der Waals surface area (Å²) in [4.78, 5) is 0. The lowest BCUT2D eigenvalue weighted by atomic mass is 9.72. The van der Waals surface area contributed by atoms with Crippen molar-refractivity contribution in [2.45, 2.75) is 83.8 Å². The Balaban J connectivity index is 1.95. The molecule has 0 amide bonds. The zero-order valence-corrected chi connectivity index (χ0v) is 16.9. The van der Waals surface area contributed by atoms with Gasteiger partial charge in [0.15, 0.2) is 0 Å². The molecule has 25 heavy (non-hydrogen) atoms. The van der Waals surface area contributed by atoms with Gasteiger partial charge in [-0.25, -0.2) is 0 Å². The Morgan fingerprint density at radius 2 is 1.68 bits per heavy atom. The van der Waals surface area contributed by atoms with Crippen molar-refractivity contribution in [2.24, 2.45) is 0 Å². The van der Waals surface area contributed by atoms with Crippen LogP contribution in [0.25, 0.3) is 0 Å². The second-order valence-electron chi connectivity index (χ2n) is 9.60. The third kappa shape index (κ3) is 3.67. The highest BCUT2D eigenvalue weighted by Gasteiger charge is 2.51. The summed E-state index contributed by atoms with van der Waals surface area (Å²) >= 11 is 0. The van der Waals surface area contributed by atoms with Gasteiger partial charge in [-0.05, 0) is 62.5 Å². The first-order valence-corrected chi connectivity index (χ1v) is 9.59. The lowest BCUT2D eigenvalue weighted by Crippen LogP contribution is -2.41. The van der Waals surface area contributed by atoms with Crippen molar-refractivity contribution in [3.63, 3.8) is 0 Å². The molecule has 2 saturated heterocycles. The molecule has 138 valence electrons. The maximum Gasteiger partial charge on any atom is 0.494 e. The Kier molecular flexibility index (Phi) is 4.85. The highest BCUT2D eigenvalue weighted by atomic mass is 16.7. The molecule has 1 unspecified atom stereocenters. The monoisotopic (exact) mass is 344 g/mol. The quantitative estimate of drug-likeness (QED) is 0.754. The van der Waals surface area contributed by atoms with Crippen molar-refractivity contribution >= 4 is 12.6 Å². The van der Waals surface area contributed by atoms with Crippen LogP contribution < -0.4 is 5.46 Å². The highest BCUT2D eigenvalue weighted by Crippen LogP contribution is 2.38. The van der Waals surface area contributed by atoms with Gasteiger partial charge < -0.3 is 14.0 Å². The molecule has 0 radical (unpaired) electrons. The summed E-state index contributed by atoms with van der Waals surface area (Å²) in [6.07, 6.45) is 2.35. The normalized spacial score (nSPS) is 26.0. The minimum absolute atomic E-state index is 0.0758. The van der Waals surface area contributed by atoms with Crippen molar-refractivity contribution in [1.82, 2.24) is 0 Å². The first-order valence-electron chi connectivity index (χ1n) is 9.59. The van der Waals surface area contributed by atoms with Gasteiger partial charge in [-0.1, -0.05) is 39.0 Å². The highest BCUT2D eigenvalue weighted by molar-refractivity contribution is 6.62. The van der Waals surface area contributed by atoms with E-state index in [-0.39, 0.29) is 23.7 Å². The third-order valence-electron chi connectivity index (χ3n) is 6.01. The van der Waals surface area contributed by atoms with Gasteiger partial charge in [0.2, 0.25) is 0 Å². The van der Waals surface area contributed by atoms with E-state index in [4.69, 9.17) is 14.0 Å². The number of benzene rings is 1. The maximum absolute atomic E-state index is 6.26. The number of ether oxygens (including phenoxy) is 1. The molecule has 0 N–H and O–H groups in total. The molecule has 0 aromatic heterocycles. The van der Waals surface area contributed by atoms with E-state index in [9.17, 15) is 0 Å². The molecule has 1 aromatic carbocycles. The van der Waals surface area contributed by atoms with E-state index in [2.05, 4.69) is 66.7 Å². The molecule has 2 heterocycles. The molecular weight excluding hydrogens is 311 g/mol. The summed E-state index contributed by atoms with van der Waals surface area (Å²) in [7, 11) is -0.303. The summed E-state index contributed by atoms with van der Waals surface area (Å²) in [5, 5.41) is 0. The van der Waals surface area contributed by atoms with Gasteiger partial charge in [0.05, 0.1) is 17.8 Å². The summed E-state index contributed by atoms with van der Waals surface area (Å²) in [6.45, 7) is 17.0. The Labute approximate surface area is 153 Å². The number of hydrogen-bond donors (Lipinski definition) is 0. The fraction of sp³-hybridized carbons (Fsp3) is 0.714. The van der Waals surface area contributed by atoms with E-state index < -0.39 is 0 Å². The summed E-state index contributed by atoms with van der Waals surface area (Å²) in [5.74, 6) is 0.496. The van der Waals surface area contributed by atoms with Crippen LogP contribution in [-0.2, 0) is 19.5 Å². The molecule has 0 saturated carbocycles. The van der Waals surface area contributed by atoms with Crippen LogP contribution in [0.4, 0.5) is 0 Å². The molecule has 3 rings (SSSR count). The topological polar surface area (TPSA) is 27.7 Å². The van der Waals surface area contributed by atoms with Crippen molar-refractivity contribution in [1.29, 1.82) is 0 Å². The largest absolute Gasteiger partial charge is 0.494 e. The zero-order chi connectivity index (χ0) is 18.5. The molecule has 2 fully saturated rings. The third-order valence-corrected chi connectivity index (χ3v) is 6.01.